The van der Waals surface area contributed by atoms with Crippen molar-refractivity contribution in [2.45, 2.75) is 70.7 Å². The quantitative estimate of drug-likeness (QED) is 0.475. The summed E-state index contributed by atoms with van der Waals surface area (Å²) in [6.07, 6.45) is 2.02. The Labute approximate surface area is 210 Å². The van der Waals surface area contributed by atoms with Crippen LogP contribution >= 0.6 is 0 Å². The lowest BCUT2D eigenvalue weighted by Crippen LogP contribution is -2.44. The fourth-order valence-corrected chi connectivity index (χ4v) is 6.07. The van der Waals surface area contributed by atoms with Crippen LogP contribution in [0.1, 0.15) is 87.3 Å². The number of carbonyl (C=O) groups is 2. The van der Waals surface area contributed by atoms with E-state index in [1.54, 1.807) is 12.1 Å². The minimum Gasteiger partial charge on any atom is -0.349 e. The van der Waals surface area contributed by atoms with Crippen LogP contribution in [-0.2, 0) is 14.8 Å². The summed E-state index contributed by atoms with van der Waals surface area (Å²) in [4.78, 5) is 24.9. The smallest absolute Gasteiger partial charge is 0.243 e. The molecular weight excluding hydrogens is 460 g/mol. The van der Waals surface area contributed by atoms with Crippen molar-refractivity contribution < 1.29 is 18.0 Å². The van der Waals surface area contributed by atoms with Gasteiger partial charge in [0.1, 0.15) is 0 Å². The molecule has 1 saturated heterocycles. The summed E-state index contributed by atoms with van der Waals surface area (Å²) in [6, 6.07) is 14.6. The molecule has 1 aliphatic rings. The van der Waals surface area contributed by atoms with Gasteiger partial charge in [-0.2, -0.15) is 4.31 Å². The standard InChI is InChI=1S/C28H38N2O4S/c1-6-20(4)22-10-12-23(13-11-22)27(19(2)3)29-28(32)24-14-16-30(17-15-24)35(33,34)26-9-7-8-25(18-26)21(5)31/h7-13,18-20,24,27H,6,14-17H2,1-5H3,(H,29,32). The molecule has 3 rings (SSSR count). The average molecular weight is 499 g/mol. The Balaban J connectivity index is 1.65. The maximum absolute atomic E-state index is 13.1. The molecule has 6 nitrogen and oxygen atoms in total. The largest absolute Gasteiger partial charge is 0.349 e. The Morgan fingerprint density at radius 3 is 2.14 bits per heavy atom. The number of benzene rings is 2. The SMILES string of the molecule is CCC(C)c1ccc(C(NC(=O)C2CCN(S(=O)(=O)c3cccc(C(C)=O)c3)CC2)C(C)C)cc1. The lowest BCUT2D eigenvalue weighted by Gasteiger charge is -2.32. The number of nitrogens with one attached hydrogen (secondary N) is 1. The van der Waals surface area contributed by atoms with Gasteiger partial charge < -0.3 is 5.32 Å². The minimum absolute atomic E-state index is 0.0228. The molecular formula is C28H38N2O4S. The van der Waals surface area contributed by atoms with E-state index in [1.807, 2.05) is 0 Å². The highest BCUT2D eigenvalue weighted by molar-refractivity contribution is 7.89. The lowest BCUT2D eigenvalue weighted by atomic mass is 9.91. The Kier molecular flexibility index (Phi) is 8.89. The topological polar surface area (TPSA) is 83.6 Å². The maximum atomic E-state index is 13.1. The zero-order valence-corrected chi connectivity index (χ0v) is 22.3. The highest BCUT2D eigenvalue weighted by Crippen LogP contribution is 2.28. The minimum atomic E-state index is -3.71. The molecule has 190 valence electrons. The number of carbonyl (C=O) groups excluding carboxylic acids is 2. The second-order valence-electron chi connectivity index (χ2n) is 9.97. The fourth-order valence-electron chi connectivity index (χ4n) is 4.56. The summed E-state index contributed by atoms with van der Waals surface area (Å²) in [6.45, 7) is 10.6. The van der Waals surface area contributed by atoms with Crippen LogP contribution < -0.4 is 5.32 Å². The van der Waals surface area contributed by atoms with Crippen molar-refractivity contribution in [3.05, 3.63) is 65.2 Å². The van der Waals surface area contributed by atoms with Crippen molar-refractivity contribution in [1.82, 2.24) is 9.62 Å². The molecule has 0 saturated carbocycles. The molecule has 35 heavy (non-hydrogen) atoms. The van der Waals surface area contributed by atoms with Gasteiger partial charge in [-0.1, -0.05) is 64.1 Å². The molecule has 0 bridgehead atoms. The van der Waals surface area contributed by atoms with Crippen LogP contribution in [-0.4, -0.2) is 37.5 Å². The van der Waals surface area contributed by atoms with Gasteiger partial charge in [0.15, 0.2) is 5.78 Å². The summed E-state index contributed by atoms with van der Waals surface area (Å²) in [7, 11) is -3.71. The summed E-state index contributed by atoms with van der Waals surface area (Å²) < 4.78 is 27.6. The van der Waals surface area contributed by atoms with Crippen LogP contribution in [0.4, 0.5) is 0 Å². The highest BCUT2D eigenvalue weighted by atomic mass is 32.2. The number of piperidine rings is 1. The maximum Gasteiger partial charge on any atom is 0.243 e. The van der Waals surface area contributed by atoms with Crippen molar-refractivity contribution in [2.75, 3.05) is 13.1 Å². The van der Waals surface area contributed by atoms with Gasteiger partial charge in [0.2, 0.25) is 15.9 Å². The Hall–Kier alpha value is -2.51. The van der Waals surface area contributed by atoms with Gasteiger partial charge in [0, 0.05) is 24.6 Å². The van der Waals surface area contributed by atoms with Gasteiger partial charge in [-0.3, -0.25) is 9.59 Å². The second kappa shape index (κ2) is 11.5. The molecule has 2 atom stereocenters. The number of sulfonamides is 1. The van der Waals surface area contributed by atoms with E-state index < -0.39 is 10.0 Å². The molecule has 2 aromatic carbocycles. The first kappa shape index (κ1) is 27.1. The van der Waals surface area contributed by atoms with Crippen molar-refractivity contribution in [2.24, 2.45) is 11.8 Å². The molecule has 2 aromatic rings. The normalized spacial score (nSPS) is 17.2. The van der Waals surface area contributed by atoms with Gasteiger partial charge in [-0.05, 0) is 61.3 Å². The first-order chi connectivity index (χ1) is 16.5. The fraction of sp³-hybridized carbons (Fsp3) is 0.500. The van der Waals surface area contributed by atoms with E-state index in [9.17, 15) is 18.0 Å². The van der Waals surface area contributed by atoms with Gasteiger partial charge in [0.25, 0.3) is 0 Å². The average Bonchev–Trinajstić information content (AvgIpc) is 2.86. The summed E-state index contributed by atoms with van der Waals surface area (Å²) in [5.74, 6) is 0.299. The van der Waals surface area contributed by atoms with Crippen LogP contribution in [0.2, 0.25) is 0 Å². The predicted octanol–water partition coefficient (Wildman–Crippen LogP) is 5.32. The predicted molar refractivity (Wildman–Crippen MR) is 139 cm³/mol. The van der Waals surface area contributed by atoms with E-state index in [0.29, 0.717) is 24.3 Å². The van der Waals surface area contributed by atoms with Gasteiger partial charge >= 0.3 is 0 Å². The zero-order chi connectivity index (χ0) is 25.8. The molecule has 7 heteroatoms. The Morgan fingerprint density at radius 1 is 1.00 bits per heavy atom. The lowest BCUT2D eigenvalue weighted by molar-refractivity contribution is -0.127. The van der Waals surface area contributed by atoms with Crippen molar-refractivity contribution in [3.63, 3.8) is 0 Å². The number of hydrogen-bond donors (Lipinski definition) is 1. The van der Waals surface area contributed by atoms with Crippen molar-refractivity contribution in [1.29, 1.82) is 0 Å². The number of Topliss-reactive ketones (excluding diaryl/α,β-unsaturated/α-hetero) is 1. The Bertz CT molecular complexity index is 1130. The van der Waals surface area contributed by atoms with Crippen LogP contribution in [0.3, 0.4) is 0 Å². The van der Waals surface area contributed by atoms with Gasteiger partial charge in [0.05, 0.1) is 10.9 Å². The van der Waals surface area contributed by atoms with Crippen LogP contribution in [0.15, 0.2) is 53.4 Å². The monoisotopic (exact) mass is 498 g/mol. The van der Waals surface area contributed by atoms with E-state index >= 15 is 0 Å². The number of nitrogens with zero attached hydrogens (tertiary/aromatic N) is 1. The van der Waals surface area contributed by atoms with Gasteiger partial charge in [-0.25, -0.2) is 8.42 Å². The second-order valence-corrected chi connectivity index (χ2v) is 11.9. The van der Waals surface area contributed by atoms with Gasteiger partial charge in [-0.15, -0.1) is 0 Å². The third-order valence-corrected chi connectivity index (χ3v) is 9.04. The molecule has 0 radical (unpaired) electrons. The van der Waals surface area contributed by atoms with Crippen LogP contribution in [0.5, 0.6) is 0 Å². The zero-order valence-electron chi connectivity index (χ0n) is 21.5. The summed E-state index contributed by atoms with van der Waals surface area (Å²) in [5, 5.41) is 3.23. The third-order valence-electron chi connectivity index (χ3n) is 7.14. The molecule has 1 amide bonds. The number of hydrogen-bond acceptors (Lipinski definition) is 4. The molecule has 1 N–H and O–H groups in total. The molecule has 0 aliphatic carbocycles. The van der Waals surface area contributed by atoms with E-state index in [-0.39, 0.29) is 47.6 Å². The van der Waals surface area contributed by atoms with E-state index in [2.05, 4.69) is 57.3 Å². The first-order valence-electron chi connectivity index (χ1n) is 12.6. The van der Waals surface area contributed by atoms with Crippen molar-refractivity contribution >= 4 is 21.7 Å². The number of rotatable bonds is 9. The number of amides is 1. The molecule has 1 aliphatic heterocycles. The third kappa shape index (κ3) is 6.39. The van der Waals surface area contributed by atoms with Crippen molar-refractivity contribution in [3.8, 4) is 0 Å². The Morgan fingerprint density at radius 2 is 1.60 bits per heavy atom. The highest BCUT2D eigenvalue weighted by Gasteiger charge is 2.33. The summed E-state index contributed by atoms with van der Waals surface area (Å²) in [5.41, 5.74) is 2.76. The first-order valence-corrected chi connectivity index (χ1v) is 14.0. The molecule has 0 spiro atoms. The molecule has 1 fully saturated rings. The molecule has 2 unspecified atom stereocenters. The summed E-state index contributed by atoms with van der Waals surface area (Å²) >= 11 is 0. The number of ketones is 1. The van der Waals surface area contributed by atoms with E-state index in [0.717, 1.165) is 12.0 Å². The van der Waals surface area contributed by atoms with E-state index in [1.165, 1.54) is 28.9 Å². The van der Waals surface area contributed by atoms with Crippen LogP contribution in [0.25, 0.3) is 0 Å². The van der Waals surface area contributed by atoms with Crippen LogP contribution in [0, 0.1) is 11.8 Å². The van der Waals surface area contributed by atoms with E-state index in [4.69, 9.17) is 0 Å². The molecule has 1 heterocycles. The molecule has 0 aromatic heterocycles.